The van der Waals surface area contributed by atoms with Gasteiger partial charge in [-0.1, -0.05) is 22.8 Å². The van der Waals surface area contributed by atoms with Crippen LogP contribution in [0, 0.1) is 11.8 Å². The molecule has 0 amide bonds. The molecule has 1 rings (SSSR count). The van der Waals surface area contributed by atoms with Crippen molar-refractivity contribution in [1.82, 2.24) is 0 Å². The van der Waals surface area contributed by atoms with Crippen molar-refractivity contribution >= 4 is 11.6 Å². The Labute approximate surface area is 70.2 Å². The van der Waals surface area contributed by atoms with Crippen LogP contribution in [-0.4, -0.2) is 0 Å². The third-order valence-corrected chi connectivity index (χ3v) is 1.78. The summed E-state index contributed by atoms with van der Waals surface area (Å²) in [6.07, 6.45) is 0. The highest BCUT2D eigenvalue weighted by Crippen LogP contribution is 2.15. The second-order valence-corrected chi connectivity index (χ2v) is 2.79. The average molecular weight is 170 g/mol. The van der Waals surface area contributed by atoms with E-state index in [2.05, 4.69) is 5.18 Å². The summed E-state index contributed by atoms with van der Waals surface area (Å²) in [6.45, 7) is 2.13. The molecule has 0 atom stereocenters. The van der Waals surface area contributed by atoms with Crippen molar-refractivity contribution in [3.05, 3.63) is 39.3 Å². The summed E-state index contributed by atoms with van der Waals surface area (Å²) < 4.78 is 0. The lowest BCUT2D eigenvalue weighted by Crippen LogP contribution is -1.85. The van der Waals surface area contributed by atoms with Crippen LogP contribution in [0.2, 0.25) is 5.02 Å². The minimum absolute atomic E-state index is 0.201. The van der Waals surface area contributed by atoms with Gasteiger partial charge in [0.1, 0.15) is 6.54 Å². The number of aryl methyl sites for hydroxylation is 1. The van der Waals surface area contributed by atoms with Crippen molar-refractivity contribution in [2.75, 3.05) is 0 Å². The lowest BCUT2D eigenvalue weighted by atomic mass is 10.1. The third kappa shape index (κ3) is 2.02. The maximum Gasteiger partial charge on any atom is 0.106 e. The van der Waals surface area contributed by atoms with Crippen LogP contribution in [0.5, 0.6) is 0 Å². The van der Waals surface area contributed by atoms with Crippen LogP contribution in [0.15, 0.2) is 23.4 Å². The first-order chi connectivity index (χ1) is 5.24. The van der Waals surface area contributed by atoms with Gasteiger partial charge in [0.15, 0.2) is 0 Å². The first-order valence-corrected chi connectivity index (χ1v) is 3.66. The van der Waals surface area contributed by atoms with E-state index >= 15 is 0 Å². The van der Waals surface area contributed by atoms with Gasteiger partial charge >= 0.3 is 0 Å². The zero-order valence-corrected chi connectivity index (χ0v) is 6.93. The monoisotopic (exact) mass is 169 g/mol. The molecule has 0 aliphatic carbocycles. The van der Waals surface area contributed by atoms with E-state index in [1.54, 1.807) is 12.1 Å². The molecule has 0 aromatic heterocycles. The molecule has 11 heavy (non-hydrogen) atoms. The standard InChI is InChI=1S/C8H8ClNO/c1-6-2-3-8(9)4-7(6)5-10-11/h2-4H,5H2,1H3. The van der Waals surface area contributed by atoms with E-state index in [-0.39, 0.29) is 6.54 Å². The van der Waals surface area contributed by atoms with Gasteiger partial charge in [0.25, 0.3) is 0 Å². The van der Waals surface area contributed by atoms with Gasteiger partial charge in [-0.15, -0.1) is 0 Å². The third-order valence-electron chi connectivity index (χ3n) is 1.55. The maximum absolute atomic E-state index is 9.94. The van der Waals surface area contributed by atoms with Crippen molar-refractivity contribution in [2.24, 2.45) is 5.18 Å². The average Bonchev–Trinajstić information content (AvgIpc) is 1.98. The molecule has 58 valence electrons. The van der Waals surface area contributed by atoms with Crippen molar-refractivity contribution in [1.29, 1.82) is 0 Å². The van der Waals surface area contributed by atoms with E-state index in [0.29, 0.717) is 5.02 Å². The normalized spacial score (nSPS) is 9.64. The van der Waals surface area contributed by atoms with Gasteiger partial charge in [-0.25, -0.2) is 0 Å². The molecular weight excluding hydrogens is 162 g/mol. The molecule has 0 aliphatic rings. The lowest BCUT2D eigenvalue weighted by Gasteiger charge is -1.99. The van der Waals surface area contributed by atoms with Gasteiger partial charge in [0, 0.05) is 5.02 Å². The first-order valence-electron chi connectivity index (χ1n) is 3.28. The van der Waals surface area contributed by atoms with Crippen LogP contribution in [0.1, 0.15) is 11.1 Å². The van der Waals surface area contributed by atoms with Crippen molar-refractivity contribution in [2.45, 2.75) is 13.5 Å². The molecule has 0 aliphatic heterocycles. The largest absolute Gasteiger partial charge is 0.150 e. The molecule has 1 aromatic rings. The number of nitrogens with zero attached hydrogens (tertiary/aromatic N) is 1. The summed E-state index contributed by atoms with van der Waals surface area (Å²) in [5.74, 6) is 0. The second kappa shape index (κ2) is 3.49. The first kappa shape index (κ1) is 8.21. The maximum atomic E-state index is 9.94. The Bertz CT molecular complexity index is 273. The molecule has 0 radical (unpaired) electrons. The second-order valence-electron chi connectivity index (χ2n) is 2.36. The SMILES string of the molecule is Cc1ccc(Cl)cc1CN=O. The molecule has 0 N–H and O–H groups in total. The number of benzene rings is 1. The Morgan fingerprint density at radius 3 is 2.91 bits per heavy atom. The molecule has 1 aromatic carbocycles. The van der Waals surface area contributed by atoms with Crippen LogP contribution >= 0.6 is 11.6 Å². The predicted molar refractivity (Wildman–Crippen MR) is 45.7 cm³/mol. The number of hydrogen-bond donors (Lipinski definition) is 0. The van der Waals surface area contributed by atoms with Gasteiger partial charge in [-0.3, -0.25) is 0 Å². The quantitative estimate of drug-likeness (QED) is 0.626. The highest BCUT2D eigenvalue weighted by Gasteiger charge is 1.97. The van der Waals surface area contributed by atoms with Crippen molar-refractivity contribution in [3.63, 3.8) is 0 Å². The number of rotatable bonds is 2. The fourth-order valence-electron chi connectivity index (χ4n) is 0.880. The number of halogens is 1. The van der Waals surface area contributed by atoms with Crippen molar-refractivity contribution < 1.29 is 0 Å². The van der Waals surface area contributed by atoms with Crippen LogP contribution in [0.25, 0.3) is 0 Å². The van der Waals surface area contributed by atoms with E-state index in [4.69, 9.17) is 11.6 Å². The smallest absolute Gasteiger partial charge is 0.106 e. The predicted octanol–water partition coefficient (Wildman–Crippen LogP) is 2.91. The molecule has 0 saturated heterocycles. The Morgan fingerprint density at radius 2 is 2.27 bits per heavy atom. The molecule has 0 spiro atoms. The molecule has 3 heteroatoms. The van der Waals surface area contributed by atoms with Crippen LogP contribution < -0.4 is 0 Å². The van der Waals surface area contributed by atoms with E-state index < -0.39 is 0 Å². The van der Waals surface area contributed by atoms with Crippen molar-refractivity contribution in [3.8, 4) is 0 Å². The Hall–Kier alpha value is -0.890. The number of nitroso groups, excluding NO2 is 1. The molecular formula is C8H8ClNO. The zero-order chi connectivity index (χ0) is 8.27. The van der Waals surface area contributed by atoms with Gasteiger partial charge < -0.3 is 0 Å². The zero-order valence-electron chi connectivity index (χ0n) is 6.17. The van der Waals surface area contributed by atoms with Gasteiger partial charge in [-0.05, 0) is 30.2 Å². The highest BCUT2D eigenvalue weighted by atomic mass is 35.5. The molecule has 0 saturated carbocycles. The van der Waals surface area contributed by atoms with Crippen LogP contribution in [-0.2, 0) is 6.54 Å². The Kier molecular flexibility index (Phi) is 2.60. The molecule has 0 unspecified atom stereocenters. The van der Waals surface area contributed by atoms with E-state index in [1.165, 1.54) is 0 Å². The molecule has 0 fully saturated rings. The summed E-state index contributed by atoms with van der Waals surface area (Å²) >= 11 is 5.71. The fraction of sp³-hybridized carbons (Fsp3) is 0.250. The summed E-state index contributed by atoms with van der Waals surface area (Å²) in [7, 11) is 0. The van der Waals surface area contributed by atoms with Gasteiger partial charge in [0.2, 0.25) is 0 Å². The van der Waals surface area contributed by atoms with E-state index in [1.807, 2.05) is 13.0 Å². The summed E-state index contributed by atoms with van der Waals surface area (Å²) in [5.41, 5.74) is 1.95. The lowest BCUT2D eigenvalue weighted by molar-refractivity contribution is 1.04. The summed E-state index contributed by atoms with van der Waals surface area (Å²) in [4.78, 5) is 9.94. The van der Waals surface area contributed by atoms with E-state index in [0.717, 1.165) is 11.1 Å². The van der Waals surface area contributed by atoms with Crippen LogP contribution in [0.3, 0.4) is 0 Å². The summed E-state index contributed by atoms with van der Waals surface area (Å²) in [5, 5.41) is 3.45. The molecule has 0 heterocycles. The highest BCUT2D eigenvalue weighted by molar-refractivity contribution is 6.30. The summed E-state index contributed by atoms with van der Waals surface area (Å²) in [6, 6.07) is 5.44. The minimum atomic E-state index is 0.201. The topological polar surface area (TPSA) is 29.4 Å². The molecule has 2 nitrogen and oxygen atoms in total. The van der Waals surface area contributed by atoms with Gasteiger partial charge in [0.05, 0.1) is 0 Å². The number of hydrogen-bond acceptors (Lipinski definition) is 2. The molecule has 0 bridgehead atoms. The Balaban J connectivity index is 3.01. The van der Waals surface area contributed by atoms with E-state index in [9.17, 15) is 4.91 Å². The minimum Gasteiger partial charge on any atom is -0.150 e. The Morgan fingerprint density at radius 1 is 1.55 bits per heavy atom. The fourth-order valence-corrected chi connectivity index (χ4v) is 1.07. The van der Waals surface area contributed by atoms with Crippen LogP contribution in [0.4, 0.5) is 0 Å². The van der Waals surface area contributed by atoms with Gasteiger partial charge in [-0.2, -0.15) is 4.91 Å².